The zero-order valence-electron chi connectivity index (χ0n) is 11.5. The van der Waals surface area contributed by atoms with Gasteiger partial charge in [0.05, 0.1) is 5.71 Å². The minimum absolute atomic E-state index is 0.0795. The highest BCUT2D eigenvalue weighted by Gasteiger charge is 2.16. The molecule has 6 heteroatoms. The van der Waals surface area contributed by atoms with Gasteiger partial charge in [0.1, 0.15) is 17.1 Å². The zero-order chi connectivity index (χ0) is 14.0. The van der Waals surface area contributed by atoms with E-state index >= 15 is 0 Å². The SMILES string of the molecule is C/C(=N\N1CCN(C)CC1)c1c(O)cc(C)oc1=O. The molecule has 1 aromatic heterocycles. The Morgan fingerprint density at radius 2 is 2.00 bits per heavy atom. The van der Waals surface area contributed by atoms with Crippen LogP contribution < -0.4 is 5.63 Å². The van der Waals surface area contributed by atoms with Crippen molar-refractivity contribution in [3.8, 4) is 5.75 Å². The van der Waals surface area contributed by atoms with Gasteiger partial charge in [-0.1, -0.05) is 0 Å². The number of piperazine rings is 1. The van der Waals surface area contributed by atoms with Crippen LogP contribution in [0.4, 0.5) is 0 Å². The fourth-order valence-corrected chi connectivity index (χ4v) is 2.09. The molecular formula is C13H19N3O3. The van der Waals surface area contributed by atoms with Crippen LogP contribution in [-0.2, 0) is 0 Å². The van der Waals surface area contributed by atoms with E-state index in [9.17, 15) is 9.90 Å². The first-order valence-corrected chi connectivity index (χ1v) is 6.30. The molecule has 0 aromatic carbocycles. The predicted molar refractivity (Wildman–Crippen MR) is 72.7 cm³/mol. The van der Waals surface area contributed by atoms with Gasteiger partial charge in [-0.15, -0.1) is 0 Å². The summed E-state index contributed by atoms with van der Waals surface area (Å²) in [5.74, 6) is 0.308. The summed E-state index contributed by atoms with van der Waals surface area (Å²) in [6, 6.07) is 1.43. The summed E-state index contributed by atoms with van der Waals surface area (Å²) in [6.07, 6.45) is 0. The summed E-state index contributed by atoms with van der Waals surface area (Å²) in [7, 11) is 2.06. The standard InChI is InChI=1S/C13H19N3O3/c1-9-8-11(17)12(13(18)19-9)10(2)14-16-6-4-15(3)5-7-16/h8,17H,4-7H2,1-3H3/b14-10+. The second kappa shape index (κ2) is 5.44. The van der Waals surface area contributed by atoms with Gasteiger partial charge in [-0.05, 0) is 20.9 Å². The number of nitrogens with zero attached hydrogens (tertiary/aromatic N) is 3. The molecule has 0 radical (unpaired) electrons. The van der Waals surface area contributed by atoms with E-state index in [-0.39, 0.29) is 11.3 Å². The van der Waals surface area contributed by atoms with Crippen molar-refractivity contribution in [3.05, 3.63) is 27.8 Å². The van der Waals surface area contributed by atoms with Crippen molar-refractivity contribution in [2.75, 3.05) is 33.2 Å². The normalized spacial score (nSPS) is 17.8. The molecule has 0 aliphatic carbocycles. The molecule has 1 aromatic rings. The maximum atomic E-state index is 11.8. The molecule has 1 N–H and O–H groups in total. The molecule has 1 aliphatic heterocycles. The van der Waals surface area contributed by atoms with Crippen LogP contribution in [0, 0.1) is 6.92 Å². The van der Waals surface area contributed by atoms with E-state index in [0.717, 1.165) is 26.2 Å². The quantitative estimate of drug-likeness (QED) is 0.794. The van der Waals surface area contributed by atoms with E-state index in [1.165, 1.54) is 6.07 Å². The molecule has 19 heavy (non-hydrogen) atoms. The third kappa shape index (κ3) is 3.14. The van der Waals surface area contributed by atoms with E-state index in [1.54, 1.807) is 13.8 Å². The second-order valence-electron chi connectivity index (χ2n) is 4.85. The Morgan fingerprint density at radius 1 is 1.37 bits per heavy atom. The average molecular weight is 265 g/mol. The molecule has 0 unspecified atom stereocenters. The molecule has 0 bridgehead atoms. The molecule has 0 atom stereocenters. The first kappa shape index (κ1) is 13.6. The largest absolute Gasteiger partial charge is 0.507 e. The summed E-state index contributed by atoms with van der Waals surface area (Å²) in [5.41, 5.74) is 0.0770. The van der Waals surface area contributed by atoms with Crippen LogP contribution in [0.2, 0.25) is 0 Å². The van der Waals surface area contributed by atoms with Crippen LogP contribution >= 0.6 is 0 Å². The molecule has 1 saturated heterocycles. The zero-order valence-corrected chi connectivity index (χ0v) is 11.5. The Morgan fingerprint density at radius 3 is 2.58 bits per heavy atom. The lowest BCUT2D eigenvalue weighted by Gasteiger charge is -2.30. The van der Waals surface area contributed by atoms with Gasteiger partial charge in [-0.2, -0.15) is 5.10 Å². The second-order valence-corrected chi connectivity index (χ2v) is 4.85. The molecule has 2 heterocycles. The van der Waals surface area contributed by atoms with Crippen molar-refractivity contribution >= 4 is 5.71 Å². The van der Waals surface area contributed by atoms with Crippen molar-refractivity contribution in [2.24, 2.45) is 5.10 Å². The van der Waals surface area contributed by atoms with Crippen molar-refractivity contribution in [1.82, 2.24) is 9.91 Å². The highest BCUT2D eigenvalue weighted by Crippen LogP contribution is 2.16. The smallest absolute Gasteiger partial charge is 0.348 e. The number of hydrogen-bond acceptors (Lipinski definition) is 6. The molecule has 0 spiro atoms. The number of likely N-dealkylation sites (N-methyl/N-ethyl adjacent to an activating group) is 1. The van der Waals surface area contributed by atoms with Gasteiger partial charge >= 0.3 is 5.63 Å². The summed E-state index contributed by atoms with van der Waals surface area (Å²) < 4.78 is 4.99. The van der Waals surface area contributed by atoms with Crippen LogP contribution in [0.3, 0.4) is 0 Å². The highest BCUT2D eigenvalue weighted by atomic mass is 16.4. The van der Waals surface area contributed by atoms with E-state index in [4.69, 9.17) is 4.42 Å². The van der Waals surface area contributed by atoms with Crippen molar-refractivity contribution < 1.29 is 9.52 Å². The van der Waals surface area contributed by atoms with Crippen molar-refractivity contribution in [2.45, 2.75) is 13.8 Å². The van der Waals surface area contributed by atoms with E-state index in [1.807, 2.05) is 5.01 Å². The summed E-state index contributed by atoms with van der Waals surface area (Å²) in [5, 5.41) is 16.2. The van der Waals surface area contributed by atoms with Crippen molar-refractivity contribution in [1.29, 1.82) is 0 Å². The highest BCUT2D eigenvalue weighted by molar-refractivity contribution is 6.00. The van der Waals surface area contributed by atoms with Gasteiger partial charge in [0.25, 0.3) is 0 Å². The van der Waals surface area contributed by atoms with E-state index in [0.29, 0.717) is 11.5 Å². The third-order valence-corrected chi connectivity index (χ3v) is 3.19. The fraction of sp³-hybridized carbons (Fsp3) is 0.538. The number of rotatable bonds is 2. The van der Waals surface area contributed by atoms with Crippen molar-refractivity contribution in [3.63, 3.8) is 0 Å². The van der Waals surface area contributed by atoms with Crippen LogP contribution in [0.5, 0.6) is 5.75 Å². The molecule has 0 amide bonds. The molecule has 2 rings (SSSR count). The van der Waals surface area contributed by atoms with Gasteiger partial charge in [0.2, 0.25) is 0 Å². The Balaban J connectivity index is 2.24. The first-order valence-electron chi connectivity index (χ1n) is 6.30. The van der Waals surface area contributed by atoms with Gasteiger partial charge in [0, 0.05) is 32.2 Å². The molecule has 104 valence electrons. The monoisotopic (exact) mass is 265 g/mol. The molecule has 1 fully saturated rings. The van der Waals surface area contributed by atoms with Crippen LogP contribution in [-0.4, -0.2) is 54.0 Å². The van der Waals surface area contributed by atoms with Crippen LogP contribution in [0.1, 0.15) is 18.2 Å². The Bertz CT molecular complexity index is 543. The van der Waals surface area contributed by atoms with Gasteiger partial charge in [-0.3, -0.25) is 5.01 Å². The number of aryl methyl sites for hydroxylation is 1. The lowest BCUT2D eigenvalue weighted by atomic mass is 10.2. The predicted octanol–water partition coefficient (Wildman–Crippen LogP) is 0.625. The minimum Gasteiger partial charge on any atom is -0.507 e. The number of aromatic hydroxyl groups is 1. The molecule has 6 nitrogen and oxygen atoms in total. The Hall–Kier alpha value is -1.82. The van der Waals surface area contributed by atoms with E-state index < -0.39 is 5.63 Å². The maximum Gasteiger partial charge on any atom is 0.348 e. The van der Waals surface area contributed by atoms with Crippen LogP contribution in [0.15, 0.2) is 20.4 Å². The first-order chi connectivity index (χ1) is 8.97. The molecule has 0 saturated carbocycles. The van der Waals surface area contributed by atoms with Gasteiger partial charge < -0.3 is 14.4 Å². The lowest BCUT2D eigenvalue weighted by molar-refractivity contribution is 0.159. The number of hydrogen-bond donors (Lipinski definition) is 1. The Labute approximate surface area is 111 Å². The maximum absolute atomic E-state index is 11.8. The summed E-state index contributed by atoms with van der Waals surface area (Å²) in [4.78, 5) is 14.0. The van der Waals surface area contributed by atoms with Gasteiger partial charge in [-0.25, -0.2) is 4.79 Å². The molecular weight excluding hydrogens is 246 g/mol. The lowest BCUT2D eigenvalue weighted by Crippen LogP contribution is -2.42. The minimum atomic E-state index is -0.548. The average Bonchev–Trinajstić information content (AvgIpc) is 2.30. The third-order valence-electron chi connectivity index (χ3n) is 3.19. The van der Waals surface area contributed by atoms with Crippen LogP contribution in [0.25, 0.3) is 0 Å². The number of hydrazone groups is 1. The van der Waals surface area contributed by atoms with E-state index in [2.05, 4.69) is 17.0 Å². The fourth-order valence-electron chi connectivity index (χ4n) is 2.09. The Kier molecular flexibility index (Phi) is 3.90. The summed E-state index contributed by atoms with van der Waals surface area (Å²) >= 11 is 0. The molecule has 1 aliphatic rings. The summed E-state index contributed by atoms with van der Waals surface area (Å²) in [6.45, 7) is 6.83. The van der Waals surface area contributed by atoms with Gasteiger partial charge in [0.15, 0.2) is 0 Å². The topological polar surface area (TPSA) is 69.3 Å².